The number of urea groups is 1. The van der Waals surface area contributed by atoms with E-state index in [9.17, 15) is 22.8 Å². The molecule has 11 heteroatoms. The Balaban J connectivity index is 4.07. The Kier molecular flexibility index (Phi) is 6.79. The average Bonchev–Trinajstić information content (AvgIpc) is 2.21. The summed E-state index contributed by atoms with van der Waals surface area (Å²) in [7, 11) is -3.35. The number of primary amides is 1. The van der Waals surface area contributed by atoms with Crippen molar-refractivity contribution >= 4 is 27.9 Å². The van der Waals surface area contributed by atoms with Crippen molar-refractivity contribution in [3.8, 4) is 0 Å². The molecule has 0 rings (SSSR count). The minimum atomic E-state index is -3.35. The van der Waals surface area contributed by atoms with Crippen LogP contribution in [0.25, 0.3) is 0 Å². The molecule has 0 aromatic rings. The van der Waals surface area contributed by atoms with Gasteiger partial charge < -0.3 is 21.5 Å². The van der Waals surface area contributed by atoms with E-state index in [2.05, 4.69) is 10.0 Å². The Hall–Kier alpha value is -1.88. The lowest BCUT2D eigenvalue weighted by Gasteiger charge is -2.13. The highest BCUT2D eigenvalue weighted by atomic mass is 32.2. The second-order valence-corrected chi connectivity index (χ2v) is 5.46. The molecular formula is C8H16N4O6S. The Morgan fingerprint density at radius 3 is 2.26 bits per heavy atom. The van der Waals surface area contributed by atoms with E-state index < -0.39 is 40.4 Å². The molecule has 0 fully saturated rings. The molecule has 0 unspecified atom stereocenters. The molecule has 3 amide bonds. The zero-order valence-electron chi connectivity index (χ0n) is 10.2. The van der Waals surface area contributed by atoms with Crippen LogP contribution in [-0.4, -0.2) is 56.8 Å². The van der Waals surface area contributed by atoms with Gasteiger partial charge in [0.15, 0.2) is 0 Å². The summed E-state index contributed by atoms with van der Waals surface area (Å²) in [6, 6.07) is -2.27. The zero-order valence-corrected chi connectivity index (χ0v) is 11.0. The van der Waals surface area contributed by atoms with Gasteiger partial charge in [0.2, 0.25) is 15.9 Å². The van der Waals surface area contributed by atoms with Crippen molar-refractivity contribution in [1.29, 1.82) is 0 Å². The SMILES string of the molecule is CS(=O)(=O)NCCNC(=O)N[C@H](CC(N)=O)C(=O)O. The Morgan fingerprint density at radius 2 is 1.84 bits per heavy atom. The van der Waals surface area contributed by atoms with E-state index >= 15 is 0 Å². The first kappa shape index (κ1) is 17.1. The van der Waals surface area contributed by atoms with Crippen molar-refractivity contribution in [1.82, 2.24) is 15.4 Å². The van der Waals surface area contributed by atoms with Crippen molar-refractivity contribution in [3.05, 3.63) is 0 Å². The fourth-order valence-corrected chi connectivity index (χ4v) is 1.50. The molecule has 0 heterocycles. The Morgan fingerprint density at radius 1 is 1.26 bits per heavy atom. The first-order valence-electron chi connectivity index (χ1n) is 5.12. The van der Waals surface area contributed by atoms with Crippen molar-refractivity contribution < 1.29 is 27.9 Å². The number of nitrogens with one attached hydrogen (secondary N) is 3. The molecule has 10 nitrogen and oxygen atoms in total. The van der Waals surface area contributed by atoms with E-state index in [1.165, 1.54) is 0 Å². The van der Waals surface area contributed by atoms with Crippen molar-refractivity contribution in [3.63, 3.8) is 0 Å². The molecule has 6 N–H and O–H groups in total. The molecule has 0 bridgehead atoms. The molecule has 1 atom stereocenters. The second kappa shape index (κ2) is 7.53. The lowest BCUT2D eigenvalue weighted by atomic mass is 10.2. The van der Waals surface area contributed by atoms with Gasteiger partial charge in [-0.15, -0.1) is 0 Å². The van der Waals surface area contributed by atoms with Crippen LogP contribution in [0.3, 0.4) is 0 Å². The molecule has 0 aromatic carbocycles. The van der Waals surface area contributed by atoms with Crippen LogP contribution in [0, 0.1) is 0 Å². The van der Waals surface area contributed by atoms with Crippen LogP contribution in [-0.2, 0) is 19.6 Å². The van der Waals surface area contributed by atoms with Gasteiger partial charge in [0.05, 0.1) is 12.7 Å². The minimum Gasteiger partial charge on any atom is -0.480 e. The molecule has 0 radical (unpaired) electrons. The number of nitrogens with two attached hydrogens (primary N) is 1. The molecule has 110 valence electrons. The largest absolute Gasteiger partial charge is 0.480 e. The molecule has 19 heavy (non-hydrogen) atoms. The maximum atomic E-state index is 11.2. The summed E-state index contributed by atoms with van der Waals surface area (Å²) in [5.41, 5.74) is 4.83. The molecule has 0 saturated carbocycles. The van der Waals surface area contributed by atoms with Gasteiger partial charge in [-0.1, -0.05) is 0 Å². The predicted molar refractivity (Wildman–Crippen MR) is 64.6 cm³/mol. The molecule has 0 aliphatic rings. The zero-order chi connectivity index (χ0) is 15.1. The Bertz CT molecular complexity index is 448. The van der Waals surface area contributed by atoms with Gasteiger partial charge in [-0.05, 0) is 0 Å². The van der Waals surface area contributed by atoms with Gasteiger partial charge in [-0.25, -0.2) is 22.7 Å². The van der Waals surface area contributed by atoms with Crippen molar-refractivity contribution in [2.75, 3.05) is 19.3 Å². The van der Waals surface area contributed by atoms with E-state index in [1.54, 1.807) is 0 Å². The van der Waals surface area contributed by atoms with Gasteiger partial charge >= 0.3 is 12.0 Å². The summed E-state index contributed by atoms with van der Waals surface area (Å²) in [6.07, 6.45) is 0.421. The summed E-state index contributed by atoms with van der Waals surface area (Å²) < 4.78 is 23.5. The van der Waals surface area contributed by atoms with Crippen LogP contribution in [0.15, 0.2) is 0 Å². The van der Waals surface area contributed by atoms with Crippen LogP contribution < -0.4 is 21.1 Å². The maximum absolute atomic E-state index is 11.2. The number of hydrogen-bond donors (Lipinski definition) is 5. The number of aliphatic carboxylic acids is 1. The van der Waals surface area contributed by atoms with Crippen LogP contribution in [0.2, 0.25) is 0 Å². The molecule has 0 aliphatic heterocycles. The van der Waals surface area contributed by atoms with E-state index in [0.29, 0.717) is 0 Å². The summed E-state index contributed by atoms with van der Waals surface area (Å²) in [6.45, 7) is -0.0817. The highest BCUT2D eigenvalue weighted by Gasteiger charge is 2.21. The highest BCUT2D eigenvalue weighted by molar-refractivity contribution is 7.88. The second-order valence-electron chi connectivity index (χ2n) is 3.63. The van der Waals surface area contributed by atoms with Crippen LogP contribution in [0.4, 0.5) is 4.79 Å². The molecule has 0 aliphatic carbocycles. The summed E-state index contributed by atoms with van der Waals surface area (Å²) >= 11 is 0. The lowest BCUT2D eigenvalue weighted by molar-refractivity contribution is -0.140. The van der Waals surface area contributed by atoms with Crippen molar-refractivity contribution in [2.24, 2.45) is 5.73 Å². The molecule has 0 spiro atoms. The molecular weight excluding hydrogens is 280 g/mol. The number of hydrogen-bond acceptors (Lipinski definition) is 5. The fourth-order valence-electron chi connectivity index (χ4n) is 1.02. The van der Waals surface area contributed by atoms with E-state index in [-0.39, 0.29) is 13.1 Å². The number of rotatable bonds is 8. The van der Waals surface area contributed by atoms with Gasteiger partial charge in [0.1, 0.15) is 6.04 Å². The van der Waals surface area contributed by atoms with Gasteiger partial charge in [0, 0.05) is 13.1 Å². The lowest BCUT2D eigenvalue weighted by Crippen LogP contribution is -2.48. The first-order chi connectivity index (χ1) is 8.61. The van der Waals surface area contributed by atoms with Gasteiger partial charge in [-0.3, -0.25) is 4.79 Å². The number of amides is 3. The summed E-state index contributed by atoms with van der Waals surface area (Å²) in [4.78, 5) is 32.5. The first-order valence-corrected chi connectivity index (χ1v) is 7.01. The minimum absolute atomic E-state index is 0.0399. The standard InChI is InChI=1S/C8H16N4O6S/c1-19(17,18)11-3-2-10-8(16)12-5(7(14)15)4-6(9)13/h5,11H,2-4H2,1H3,(H2,9,13)(H,14,15)(H2,10,12,16)/t5-/m1/s1. The molecule has 0 saturated heterocycles. The third-order valence-corrected chi connectivity index (χ3v) is 2.51. The smallest absolute Gasteiger partial charge is 0.326 e. The van der Waals surface area contributed by atoms with Crippen LogP contribution >= 0.6 is 0 Å². The van der Waals surface area contributed by atoms with Crippen LogP contribution in [0.1, 0.15) is 6.42 Å². The third kappa shape index (κ3) is 9.79. The van der Waals surface area contributed by atoms with Gasteiger partial charge in [-0.2, -0.15) is 0 Å². The topological polar surface area (TPSA) is 168 Å². The fraction of sp³-hybridized carbons (Fsp3) is 0.625. The number of carboxylic acid groups (broad SMARTS) is 1. The van der Waals surface area contributed by atoms with E-state index in [4.69, 9.17) is 10.8 Å². The third-order valence-electron chi connectivity index (χ3n) is 1.78. The highest BCUT2D eigenvalue weighted by Crippen LogP contribution is 1.91. The summed E-state index contributed by atoms with van der Waals surface area (Å²) in [5, 5.41) is 12.9. The number of sulfonamides is 1. The summed E-state index contributed by atoms with van der Waals surface area (Å²) in [5.74, 6) is -2.27. The quantitative estimate of drug-likeness (QED) is 0.302. The monoisotopic (exact) mass is 296 g/mol. The van der Waals surface area contributed by atoms with Crippen LogP contribution in [0.5, 0.6) is 0 Å². The number of carbonyl (C=O) groups is 3. The Labute approximate surface area is 109 Å². The van der Waals surface area contributed by atoms with Crippen molar-refractivity contribution in [2.45, 2.75) is 12.5 Å². The van der Waals surface area contributed by atoms with E-state index in [0.717, 1.165) is 6.26 Å². The predicted octanol–water partition coefficient (Wildman–Crippen LogP) is -2.84. The average molecular weight is 296 g/mol. The molecule has 0 aromatic heterocycles. The normalized spacial score (nSPS) is 12.5. The van der Waals surface area contributed by atoms with E-state index in [1.807, 2.05) is 5.32 Å². The maximum Gasteiger partial charge on any atom is 0.326 e. The number of carbonyl (C=O) groups excluding carboxylic acids is 2. The van der Waals surface area contributed by atoms with Gasteiger partial charge in [0.25, 0.3) is 0 Å². The number of carboxylic acids is 1.